The summed E-state index contributed by atoms with van der Waals surface area (Å²) in [6.45, 7) is 10.1. The maximum absolute atomic E-state index is 4.84. The fraction of sp³-hybridized carbons (Fsp3) is 0.556. The highest BCUT2D eigenvalue weighted by atomic mass is 32.1. The van der Waals surface area contributed by atoms with Crippen molar-refractivity contribution in [1.82, 2.24) is 15.2 Å². The van der Waals surface area contributed by atoms with Crippen LogP contribution in [0, 0.1) is 0 Å². The number of aliphatic imine (C=N–C) groups is 1. The Balaban J connectivity index is 1.53. The highest BCUT2D eigenvalue weighted by Crippen LogP contribution is 2.22. The zero-order chi connectivity index (χ0) is 17.5. The normalized spacial score (nSPS) is 15.7. The van der Waals surface area contributed by atoms with Crippen molar-refractivity contribution in [2.75, 3.05) is 44.2 Å². The molecule has 3 rings (SSSR count). The highest BCUT2D eigenvalue weighted by Gasteiger charge is 2.20. The quantitative estimate of drug-likeness (QED) is 0.621. The Morgan fingerprint density at radius 2 is 2.08 bits per heavy atom. The molecule has 0 saturated carbocycles. The molecule has 1 saturated heterocycles. The number of hydrogen-bond donors (Lipinski definition) is 1. The van der Waals surface area contributed by atoms with Gasteiger partial charge in [0, 0.05) is 51.1 Å². The molecule has 0 unspecified atom stereocenters. The summed E-state index contributed by atoms with van der Waals surface area (Å²) in [6, 6.07) is 4.33. The summed E-state index contributed by atoms with van der Waals surface area (Å²) in [4.78, 5) is 14.3. The van der Waals surface area contributed by atoms with Crippen molar-refractivity contribution in [3.63, 3.8) is 0 Å². The van der Waals surface area contributed by atoms with E-state index in [1.54, 1.807) is 11.3 Å². The van der Waals surface area contributed by atoms with Gasteiger partial charge in [-0.15, -0.1) is 22.7 Å². The lowest BCUT2D eigenvalue weighted by atomic mass is 10.3. The second kappa shape index (κ2) is 9.20. The number of aromatic nitrogens is 1. The van der Waals surface area contributed by atoms with Crippen LogP contribution in [0.15, 0.2) is 27.9 Å². The van der Waals surface area contributed by atoms with Crippen molar-refractivity contribution < 1.29 is 0 Å². The Labute approximate surface area is 158 Å². The van der Waals surface area contributed by atoms with Crippen LogP contribution >= 0.6 is 22.7 Å². The molecule has 1 fully saturated rings. The largest absolute Gasteiger partial charge is 0.360 e. The third-order valence-electron chi connectivity index (χ3n) is 4.26. The molecule has 3 heterocycles. The topological polar surface area (TPSA) is 43.8 Å². The first-order valence-electron chi connectivity index (χ1n) is 9.05. The van der Waals surface area contributed by atoms with E-state index in [-0.39, 0.29) is 0 Å². The fourth-order valence-electron chi connectivity index (χ4n) is 2.92. The van der Waals surface area contributed by atoms with Gasteiger partial charge in [0.1, 0.15) is 0 Å². The van der Waals surface area contributed by atoms with E-state index < -0.39 is 0 Å². The second-order valence-electron chi connectivity index (χ2n) is 6.00. The van der Waals surface area contributed by atoms with Gasteiger partial charge in [0.2, 0.25) is 0 Å². The maximum Gasteiger partial charge on any atom is 0.194 e. The summed E-state index contributed by atoms with van der Waals surface area (Å²) in [5, 5.41) is 10.4. The lowest BCUT2D eigenvalue weighted by Gasteiger charge is -2.37. The Morgan fingerprint density at radius 1 is 1.24 bits per heavy atom. The number of guanidine groups is 1. The minimum Gasteiger partial charge on any atom is -0.360 e. The first kappa shape index (κ1) is 18.2. The Morgan fingerprint density at radius 3 is 2.72 bits per heavy atom. The van der Waals surface area contributed by atoms with Crippen LogP contribution in [0.3, 0.4) is 0 Å². The molecule has 1 aliphatic heterocycles. The number of rotatable bonds is 6. The van der Waals surface area contributed by atoms with Crippen molar-refractivity contribution in [3.05, 3.63) is 33.6 Å². The van der Waals surface area contributed by atoms with E-state index in [0.717, 1.165) is 58.1 Å². The molecule has 0 aromatic carbocycles. The van der Waals surface area contributed by atoms with Crippen LogP contribution in [0.5, 0.6) is 0 Å². The molecule has 0 amide bonds. The predicted octanol–water partition coefficient (Wildman–Crippen LogP) is 3.10. The minimum absolute atomic E-state index is 0.792. The van der Waals surface area contributed by atoms with Gasteiger partial charge in [0.05, 0.1) is 15.7 Å². The maximum atomic E-state index is 4.84. The van der Waals surface area contributed by atoms with E-state index in [2.05, 4.69) is 56.8 Å². The summed E-state index contributed by atoms with van der Waals surface area (Å²) < 4.78 is 0. The van der Waals surface area contributed by atoms with Gasteiger partial charge < -0.3 is 15.1 Å². The molecule has 1 N–H and O–H groups in total. The van der Waals surface area contributed by atoms with Gasteiger partial charge in [0.15, 0.2) is 5.96 Å². The van der Waals surface area contributed by atoms with Crippen LogP contribution in [0.4, 0.5) is 5.00 Å². The number of anilines is 1. The molecule has 1 aliphatic rings. The van der Waals surface area contributed by atoms with Gasteiger partial charge in [-0.1, -0.05) is 6.92 Å². The summed E-state index contributed by atoms with van der Waals surface area (Å²) >= 11 is 3.58. The summed E-state index contributed by atoms with van der Waals surface area (Å²) in [5.41, 5.74) is 1.17. The van der Waals surface area contributed by atoms with Crippen LogP contribution in [-0.4, -0.2) is 55.1 Å². The molecule has 136 valence electrons. The standard InChI is InChI=1S/C18H27N5S2/c1-3-16-21-15(14-25-16)7-8-20-18(19-4-2)23-11-9-22(10-12-23)17-6-5-13-24-17/h5-6,13-14H,3-4,7-12H2,1-2H3,(H,19,20). The third kappa shape index (κ3) is 4.95. The molecule has 5 nitrogen and oxygen atoms in total. The highest BCUT2D eigenvalue weighted by molar-refractivity contribution is 7.14. The molecule has 2 aromatic rings. The molecule has 0 radical (unpaired) electrons. The molecule has 0 spiro atoms. The number of hydrogen-bond acceptors (Lipinski definition) is 5. The average Bonchev–Trinajstić information content (AvgIpc) is 3.33. The zero-order valence-corrected chi connectivity index (χ0v) is 16.7. The number of nitrogens with one attached hydrogen (secondary N) is 1. The van der Waals surface area contributed by atoms with Gasteiger partial charge in [-0.05, 0) is 30.9 Å². The minimum atomic E-state index is 0.792. The van der Waals surface area contributed by atoms with Crippen molar-refractivity contribution in [3.8, 4) is 0 Å². The van der Waals surface area contributed by atoms with Gasteiger partial charge >= 0.3 is 0 Å². The molecular weight excluding hydrogens is 350 g/mol. The Bertz CT molecular complexity index is 657. The van der Waals surface area contributed by atoms with Crippen LogP contribution in [0.2, 0.25) is 0 Å². The van der Waals surface area contributed by atoms with E-state index >= 15 is 0 Å². The Kier molecular flexibility index (Phi) is 6.69. The SMILES string of the molecule is CCNC(=NCCc1csc(CC)n1)N1CCN(c2cccs2)CC1. The molecular formula is C18H27N5S2. The molecule has 7 heteroatoms. The van der Waals surface area contributed by atoms with Crippen LogP contribution < -0.4 is 10.2 Å². The lowest BCUT2D eigenvalue weighted by molar-refractivity contribution is 0.373. The smallest absolute Gasteiger partial charge is 0.194 e. The van der Waals surface area contributed by atoms with Crippen molar-refractivity contribution in [2.24, 2.45) is 4.99 Å². The van der Waals surface area contributed by atoms with E-state index in [0.29, 0.717) is 0 Å². The first-order chi connectivity index (χ1) is 12.3. The third-order valence-corrected chi connectivity index (χ3v) is 6.23. The average molecular weight is 378 g/mol. The van der Waals surface area contributed by atoms with E-state index in [1.807, 2.05) is 11.3 Å². The van der Waals surface area contributed by atoms with Crippen LogP contribution in [-0.2, 0) is 12.8 Å². The van der Waals surface area contributed by atoms with Crippen LogP contribution in [0.25, 0.3) is 0 Å². The van der Waals surface area contributed by atoms with E-state index in [1.165, 1.54) is 15.7 Å². The molecule has 0 aliphatic carbocycles. The van der Waals surface area contributed by atoms with Gasteiger partial charge in [0.25, 0.3) is 0 Å². The number of thiazole rings is 1. The zero-order valence-electron chi connectivity index (χ0n) is 15.1. The molecule has 25 heavy (non-hydrogen) atoms. The fourth-order valence-corrected chi connectivity index (χ4v) is 4.48. The summed E-state index contributed by atoms with van der Waals surface area (Å²) in [5.74, 6) is 1.04. The summed E-state index contributed by atoms with van der Waals surface area (Å²) in [6.07, 6.45) is 1.94. The van der Waals surface area contributed by atoms with Gasteiger partial charge in [-0.2, -0.15) is 0 Å². The lowest BCUT2D eigenvalue weighted by Crippen LogP contribution is -2.52. The number of nitrogens with zero attached hydrogens (tertiary/aromatic N) is 4. The Hall–Kier alpha value is -1.60. The molecule has 2 aromatic heterocycles. The number of thiophene rings is 1. The molecule has 0 bridgehead atoms. The number of piperazine rings is 1. The van der Waals surface area contributed by atoms with Gasteiger partial charge in [-0.3, -0.25) is 4.99 Å². The number of aryl methyl sites for hydroxylation is 1. The second-order valence-corrected chi connectivity index (χ2v) is 7.87. The van der Waals surface area contributed by atoms with Crippen LogP contribution in [0.1, 0.15) is 24.5 Å². The van der Waals surface area contributed by atoms with E-state index in [4.69, 9.17) is 4.99 Å². The predicted molar refractivity (Wildman–Crippen MR) is 109 cm³/mol. The van der Waals surface area contributed by atoms with Crippen molar-refractivity contribution in [2.45, 2.75) is 26.7 Å². The first-order valence-corrected chi connectivity index (χ1v) is 10.8. The summed E-state index contributed by atoms with van der Waals surface area (Å²) in [7, 11) is 0. The van der Waals surface area contributed by atoms with E-state index in [9.17, 15) is 0 Å². The van der Waals surface area contributed by atoms with Crippen molar-refractivity contribution in [1.29, 1.82) is 0 Å². The molecule has 0 atom stereocenters. The van der Waals surface area contributed by atoms with Gasteiger partial charge in [-0.25, -0.2) is 4.98 Å². The monoisotopic (exact) mass is 377 g/mol. The van der Waals surface area contributed by atoms with Crippen molar-refractivity contribution >= 4 is 33.6 Å².